The first-order valence-electron chi connectivity index (χ1n) is 12.0. The monoisotopic (exact) mass is 476 g/mol. The van der Waals surface area contributed by atoms with Crippen molar-refractivity contribution < 1.29 is 9.59 Å². The van der Waals surface area contributed by atoms with Crippen LogP contribution in [0.25, 0.3) is 5.69 Å². The number of amides is 2. The highest BCUT2D eigenvalue weighted by Crippen LogP contribution is 2.68. The summed E-state index contributed by atoms with van der Waals surface area (Å²) in [6.07, 6.45) is 5.69. The second-order valence-electron chi connectivity index (χ2n) is 10.6. The number of hydrogen-bond donors (Lipinski definition) is 1. The summed E-state index contributed by atoms with van der Waals surface area (Å²) in [7, 11) is 0. The quantitative estimate of drug-likeness (QED) is 0.523. The fourth-order valence-corrected chi connectivity index (χ4v) is 6.38. The van der Waals surface area contributed by atoms with Crippen molar-refractivity contribution in [3.63, 3.8) is 0 Å². The molecule has 178 valence electrons. The summed E-state index contributed by atoms with van der Waals surface area (Å²) in [5.41, 5.74) is 2.24. The molecule has 5 rings (SSSR count). The van der Waals surface area contributed by atoms with Gasteiger partial charge in [0.2, 0.25) is 5.91 Å². The van der Waals surface area contributed by atoms with Crippen molar-refractivity contribution in [2.24, 2.45) is 16.7 Å². The lowest BCUT2D eigenvalue weighted by Crippen LogP contribution is -2.39. The number of nitrogens with zero attached hydrogens (tertiary/aromatic N) is 3. The number of carbonyl (C=O) groups is 2. The maximum absolute atomic E-state index is 13.1. The zero-order chi connectivity index (χ0) is 24.1. The average Bonchev–Trinajstić information content (AvgIpc) is 3.37. The third-order valence-corrected chi connectivity index (χ3v) is 9.22. The molecule has 1 aromatic carbocycles. The maximum atomic E-state index is 13.1. The van der Waals surface area contributed by atoms with Crippen LogP contribution in [0.2, 0.25) is 0 Å². The minimum absolute atomic E-state index is 0.0679. The van der Waals surface area contributed by atoms with Crippen LogP contribution in [0.3, 0.4) is 0 Å². The molecule has 1 saturated heterocycles. The van der Waals surface area contributed by atoms with Gasteiger partial charge in [-0.1, -0.05) is 39.8 Å². The molecule has 3 aromatic rings. The number of benzene rings is 1. The molecule has 3 heterocycles. The Bertz CT molecular complexity index is 1190. The molecule has 0 atom stereocenters. The van der Waals surface area contributed by atoms with Gasteiger partial charge in [-0.05, 0) is 47.9 Å². The summed E-state index contributed by atoms with van der Waals surface area (Å²) in [4.78, 5) is 32.7. The highest BCUT2D eigenvalue weighted by molar-refractivity contribution is 7.10. The second-order valence-corrected chi connectivity index (χ2v) is 11.5. The largest absolute Gasteiger partial charge is 0.342 e. The Labute approximate surface area is 205 Å². The highest BCUT2D eigenvalue weighted by Gasteiger charge is 2.68. The summed E-state index contributed by atoms with van der Waals surface area (Å²) < 4.78 is 1.97. The van der Waals surface area contributed by atoms with Gasteiger partial charge in [0.1, 0.15) is 5.69 Å². The van der Waals surface area contributed by atoms with Gasteiger partial charge in [0.15, 0.2) is 0 Å². The smallest absolute Gasteiger partial charge is 0.275 e. The van der Waals surface area contributed by atoms with Crippen molar-refractivity contribution in [1.29, 1.82) is 0 Å². The first-order valence-corrected chi connectivity index (χ1v) is 12.9. The minimum atomic E-state index is -0.201. The van der Waals surface area contributed by atoms with Crippen LogP contribution < -0.4 is 5.32 Å². The third kappa shape index (κ3) is 3.86. The molecule has 2 aliphatic rings. The fourth-order valence-electron chi connectivity index (χ4n) is 5.41. The Morgan fingerprint density at radius 2 is 1.65 bits per heavy atom. The predicted octanol–water partition coefficient (Wildman–Crippen LogP) is 5.57. The van der Waals surface area contributed by atoms with Gasteiger partial charge >= 0.3 is 0 Å². The zero-order valence-electron chi connectivity index (χ0n) is 20.2. The number of likely N-dealkylation sites (tertiary alicyclic amines) is 1. The Morgan fingerprint density at radius 3 is 2.29 bits per heavy atom. The van der Waals surface area contributed by atoms with E-state index in [2.05, 4.69) is 38.0 Å². The van der Waals surface area contributed by atoms with Gasteiger partial charge in [-0.2, -0.15) is 0 Å². The van der Waals surface area contributed by atoms with Crippen LogP contribution in [0.4, 0.5) is 5.69 Å². The molecule has 1 aliphatic heterocycles. The molecule has 0 radical (unpaired) electrons. The molecule has 2 fully saturated rings. The minimum Gasteiger partial charge on any atom is -0.342 e. The van der Waals surface area contributed by atoms with Crippen LogP contribution in [-0.4, -0.2) is 39.4 Å². The molecule has 6 nitrogen and oxygen atoms in total. The summed E-state index contributed by atoms with van der Waals surface area (Å²) in [6, 6.07) is 11.6. The molecule has 34 heavy (non-hydrogen) atoms. The van der Waals surface area contributed by atoms with Gasteiger partial charge in [-0.25, -0.2) is 4.98 Å². The molecular weight excluding hydrogens is 444 g/mol. The van der Waals surface area contributed by atoms with Crippen molar-refractivity contribution in [1.82, 2.24) is 14.5 Å². The van der Waals surface area contributed by atoms with Gasteiger partial charge < -0.3 is 14.8 Å². The van der Waals surface area contributed by atoms with E-state index in [0.717, 1.165) is 42.3 Å². The first-order chi connectivity index (χ1) is 16.2. The summed E-state index contributed by atoms with van der Waals surface area (Å²) in [5, 5.41) is 5.85. The lowest BCUT2D eigenvalue weighted by atomic mass is 9.96. The molecule has 2 amide bonds. The van der Waals surface area contributed by atoms with Crippen LogP contribution in [0, 0.1) is 16.7 Å². The molecule has 0 bridgehead atoms. The Hall–Kier alpha value is -2.93. The van der Waals surface area contributed by atoms with Crippen molar-refractivity contribution in [3.8, 4) is 5.69 Å². The normalized spacial score (nSPS) is 19.7. The van der Waals surface area contributed by atoms with E-state index < -0.39 is 0 Å². The molecule has 0 unspecified atom stereocenters. The van der Waals surface area contributed by atoms with E-state index in [9.17, 15) is 9.59 Å². The number of thiazole rings is 1. The number of carbonyl (C=O) groups excluding carboxylic acids is 2. The number of aromatic nitrogens is 2. The molecule has 2 aromatic heterocycles. The van der Waals surface area contributed by atoms with E-state index in [1.807, 2.05) is 63.6 Å². The molecule has 7 heteroatoms. The molecule has 1 saturated carbocycles. The molecule has 1 aliphatic carbocycles. The molecular formula is C27H32N4O2S. The number of anilines is 1. The third-order valence-electron chi connectivity index (χ3n) is 8.21. The van der Waals surface area contributed by atoms with Gasteiger partial charge in [0.25, 0.3) is 5.91 Å². The summed E-state index contributed by atoms with van der Waals surface area (Å²) in [5.74, 6) is 0.506. The number of para-hydroxylation sites is 2. The standard InChI is InChI=1S/C27H32N4O2S/c1-26(2)22(27(26,3)4)25(33)31-15-11-18(12-16-31)24-29-20(17-34-24)23(32)28-19-9-5-6-10-21(19)30-13-7-8-14-30/h5-10,13-14,17-18,22H,11-12,15-16H2,1-4H3,(H,28,32). The van der Waals surface area contributed by atoms with Crippen molar-refractivity contribution >= 4 is 28.8 Å². The number of hydrogen-bond acceptors (Lipinski definition) is 4. The SMILES string of the molecule is CC1(C)C(C(=O)N2CCC(c3nc(C(=O)Nc4ccccc4-n4cccc4)cs3)CC2)C1(C)C. The van der Waals surface area contributed by atoms with Gasteiger partial charge in [-0.15, -0.1) is 11.3 Å². The van der Waals surface area contributed by atoms with E-state index in [0.29, 0.717) is 17.5 Å². The van der Waals surface area contributed by atoms with E-state index in [1.54, 1.807) is 11.3 Å². The lowest BCUT2D eigenvalue weighted by molar-refractivity contribution is -0.134. The van der Waals surface area contributed by atoms with E-state index >= 15 is 0 Å². The van der Waals surface area contributed by atoms with Gasteiger partial charge in [-0.3, -0.25) is 9.59 Å². The van der Waals surface area contributed by atoms with Crippen LogP contribution in [0.5, 0.6) is 0 Å². The summed E-state index contributed by atoms with van der Waals surface area (Å²) >= 11 is 1.54. The Kier molecular flexibility index (Phi) is 5.63. The first kappa shape index (κ1) is 22.8. The van der Waals surface area contributed by atoms with Crippen LogP contribution in [-0.2, 0) is 4.79 Å². The number of rotatable bonds is 5. The van der Waals surface area contributed by atoms with Crippen molar-refractivity contribution in [2.45, 2.75) is 46.5 Å². The Morgan fingerprint density at radius 1 is 1.00 bits per heavy atom. The van der Waals surface area contributed by atoms with E-state index in [4.69, 9.17) is 0 Å². The summed E-state index contributed by atoms with van der Waals surface area (Å²) in [6.45, 7) is 10.3. The van der Waals surface area contributed by atoms with E-state index in [1.165, 1.54) is 0 Å². The number of piperidine rings is 1. The average molecular weight is 477 g/mol. The van der Waals surface area contributed by atoms with Crippen LogP contribution in [0.1, 0.15) is 62.0 Å². The van der Waals surface area contributed by atoms with Gasteiger partial charge in [0.05, 0.1) is 16.4 Å². The lowest BCUT2D eigenvalue weighted by Gasteiger charge is -2.31. The topological polar surface area (TPSA) is 67.2 Å². The molecule has 1 N–H and O–H groups in total. The fraction of sp³-hybridized carbons (Fsp3) is 0.444. The van der Waals surface area contributed by atoms with Crippen molar-refractivity contribution in [2.75, 3.05) is 18.4 Å². The maximum Gasteiger partial charge on any atom is 0.275 e. The molecule has 0 spiro atoms. The van der Waals surface area contributed by atoms with Gasteiger partial charge in [0, 0.05) is 42.7 Å². The predicted molar refractivity (Wildman–Crippen MR) is 135 cm³/mol. The second kappa shape index (κ2) is 8.38. The van der Waals surface area contributed by atoms with Crippen LogP contribution in [0.15, 0.2) is 54.2 Å². The van der Waals surface area contributed by atoms with Crippen LogP contribution >= 0.6 is 11.3 Å². The number of nitrogens with one attached hydrogen (secondary N) is 1. The Balaban J connectivity index is 1.21. The van der Waals surface area contributed by atoms with E-state index in [-0.39, 0.29) is 22.7 Å². The van der Waals surface area contributed by atoms with Crippen molar-refractivity contribution in [3.05, 3.63) is 64.9 Å². The zero-order valence-corrected chi connectivity index (χ0v) is 21.1. The highest BCUT2D eigenvalue weighted by atomic mass is 32.1.